The highest BCUT2D eigenvalue weighted by atomic mass is 16.5. The molecule has 1 aliphatic heterocycles. The van der Waals surface area contributed by atoms with Gasteiger partial charge in [0.1, 0.15) is 0 Å². The SMILES string of the molecule is c1cn(C2CCCCC2)nc1COCCC1CCCNC1. The van der Waals surface area contributed by atoms with Crippen LogP contribution in [0.15, 0.2) is 12.3 Å². The highest BCUT2D eigenvalue weighted by Gasteiger charge is 2.16. The Morgan fingerprint density at radius 1 is 1.19 bits per heavy atom. The fourth-order valence-electron chi connectivity index (χ4n) is 3.60. The van der Waals surface area contributed by atoms with Crippen LogP contribution >= 0.6 is 0 Å². The van der Waals surface area contributed by atoms with Crippen LogP contribution in [0.5, 0.6) is 0 Å². The lowest BCUT2D eigenvalue weighted by molar-refractivity contribution is 0.100. The zero-order valence-corrected chi connectivity index (χ0v) is 13.1. The number of nitrogens with one attached hydrogen (secondary N) is 1. The molecule has 0 spiro atoms. The number of hydrogen-bond donors (Lipinski definition) is 1. The fraction of sp³-hybridized carbons (Fsp3) is 0.824. The summed E-state index contributed by atoms with van der Waals surface area (Å²) in [4.78, 5) is 0. The van der Waals surface area contributed by atoms with Gasteiger partial charge in [-0.25, -0.2) is 0 Å². The molecule has 0 radical (unpaired) electrons. The highest BCUT2D eigenvalue weighted by molar-refractivity contribution is 4.98. The predicted octanol–water partition coefficient (Wildman–Crippen LogP) is 3.29. The molecule has 2 aliphatic rings. The monoisotopic (exact) mass is 291 g/mol. The molecule has 1 saturated heterocycles. The number of piperidine rings is 1. The predicted molar refractivity (Wildman–Crippen MR) is 84.2 cm³/mol. The van der Waals surface area contributed by atoms with Gasteiger partial charge in [-0.3, -0.25) is 4.68 Å². The van der Waals surface area contributed by atoms with Crippen LogP contribution in [0, 0.1) is 5.92 Å². The second kappa shape index (κ2) is 7.95. The van der Waals surface area contributed by atoms with Crippen LogP contribution in [0.2, 0.25) is 0 Å². The standard InChI is InChI=1S/C17H29N3O/c1-2-6-17(7-3-1)20-11-8-16(19-20)14-21-12-9-15-5-4-10-18-13-15/h8,11,15,17-18H,1-7,9-10,12-14H2. The summed E-state index contributed by atoms with van der Waals surface area (Å²) < 4.78 is 7.99. The fourth-order valence-corrected chi connectivity index (χ4v) is 3.60. The molecule has 2 fully saturated rings. The number of aromatic nitrogens is 2. The first-order chi connectivity index (χ1) is 10.4. The van der Waals surface area contributed by atoms with Crippen LogP contribution < -0.4 is 5.32 Å². The maximum absolute atomic E-state index is 5.82. The van der Waals surface area contributed by atoms with E-state index in [-0.39, 0.29) is 0 Å². The molecule has 3 rings (SSSR count). The Morgan fingerprint density at radius 2 is 2.10 bits per heavy atom. The van der Waals surface area contributed by atoms with Crippen molar-refractivity contribution in [2.24, 2.45) is 5.92 Å². The van der Waals surface area contributed by atoms with Gasteiger partial charge < -0.3 is 10.1 Å². The van der Waals surface area contributed by atoms with E-state index >= 15 is 0 Å². The zero-order chi connectivity index (χ0) is 14.3. The Labute approximate surface area is 128 Å². The number of nitrogens with zero attached hydrogens (tertiary/aromatic N) is 2. The summed E-state index contributed by atoms with van der Waals surface area (Å²) >= 11 is 0. The molecule has 21 heavy (non-hydrogen) atoms. The first-order valence-electron chi connectivity index (χ1n) is 8.74. The molecule has 1 atom stereocenters. The van der Waals surface area contributed by atoms with Crippen molar-refractivity contribution in [3.05, 3.63) is 18.0 Å². The lowest BCUT2D eigenvalue weighted by atomic mass is 9.96. The molecule has 1 aromatic heterocycles. The minimum atomic E-state index is 0.626. The minimum absolute atomic E-state index is 0.626. The van der Waals surface area contributed by atoms with Crippen molar-refractivity contribution in [1.29, 1.82) is 0 Å². The van der Waals surface area contributed by atoms with E-state index in [2.05, 4.69) is 22.3 Å². The van der Waals surface area contributed by atoms with Crippen molar-refractivity contribution in [2.45, 2.75) is 64.0 Å². The van der Waals surface area contributed by atoms with Crippen LogP contribution in [0.4, 0.5) is 0 Å². The Bertz CT molecular complexity index is 406. The molecular formula is C17H29N3O. The smallest absolute Gasteiger partial charge is 0.0906 e. The quantitative estimate of drug-likeness (QED) is 0.817. The van der Waals surface area contributed by atoms with E-state index in [1.165, 1.54) is 64.5 Å². The molecule has 1 aliphatic carbocycles. The lowest BCUT2D eigenvalue weighted by Crippen LogP contribution is -2.30. The molecule has 4 heteroatoms. The van der Waals surface area contributed by atoms with Crippen LogP contribution in [0.1, 0.15) is 63.1 Å². The molecule has 2 heterocycles. The summed E-state index contributed by atoms with van der Waals surface area (Å²) in [6.07, 6.45) is 12.7. The minimum Gasteiger partial charge on any atom is -0.375 e. The largest absolute Gasteiger partial charge is 0.375 e. The van der Waals surface area contributed by atoms with Gasteiger partial charge >= 0.3 is 0 Å². The van der Waals surface area contributed by atoms with Crippen molar-refractivity contribution in [2.75, 3.05) is 19.7 Å². The third-order valence-corrected chi connectivity index (χ3v) is 4.93. The van der Waals surface area contributed by atoms with Gasteiger partial charge in [0.25, 0.3) is 0 Å². The first kappa shape index (κ1) is 15.0. The molecule has 118 valence electrons. The molecular weight excluding hydrogens is 262 g/mol. The van der Waals surface area contributed by atoms with E-state index in [4.69, 9.17) is 9.84 Å². The Morgan fingerprint density at radius 3 is 2.90 bits per heavy atom. The third kappa shape index (κ3) is 4.55. The Hall–Kier alpha value is -0.870. The zero-order valence-electron chi connectivity index (χ0n) is 13.1. The van der Waals surface area contributed by atoms with Crippen molar-refractivity contribution in [3.63, 3.8) is 0 Å². The van der Waals surface area contributed by atoms with Crippen molar-refractivity contribution >= 4 is 0 Å². The van der Waals surface area contributed by atoms with Gasteiger partial charge in [0.2, 0.25) is 0 Å². The summed E-state index contributed by atoms with van der Waals surface area (Å²) in [5.41, 5.74) is 1.09. The molecule has 1 saturated carbocycles. The van der Waals surface area contributed by atoms with E-state index in [0.717, 1.165) is 18.2 Å². The second-order valence-electron chi connectivity index (χ2n) is 6.63. The summed E-state index contributed by atoms with van der Waals surface area (Å²) in [7, 11) is 0. The summed E-state index contributed by atoms with van der Waals surface area (Å²) in [5.74, 6) is 0.804. The van der Waals surface area contributed by atoms with E-state index in [0.29, 0.717) is 12.6 Å². The average Bonchev–Trinajstić information content (AvgIpc) is 3.02. The topological polar surface area (TPSA) is 39.1 Å². The maximum atomic E-state index is 5.82. The van der Waals surface area contributed by atoms with E-state index in [1.54, 1.807) is 0 Å². The first-order valence-corrected chi connectivity index (χ1v) is 8.74. The van der Waals surface area contributed by atoms with Gasteiger partial charge in [-0.15, -0.1) is 0 Å². The van der Waals surface area contributed by atoms with Crippen molar-refractivity contribution in [3.8, 4) is 0 Å². The Kier molecular flexibility index (Phi) is 5.69. The third-order valence-electron chi connectivity index (χ3n) is 4.93. The summed E-state index contributed by atoms with van der Waals surface area (Å²) in [6.45, 7) is 3.89. The molecule has 4 nitrogen and oxygen atoms in total. The molecule has 1 unspecified atom stereocenters. The van der Waals surface area contributed by atoms with Crippen LogP contribution in [-0.4, -0.2) is 29.5 Å². The molecule has 0 aromatic carbocycles. The van der Waals surface area contributed by atoms with E-state index in [1.807, 2.05) is 0 Å². The lowest BCUT2D eigenvalue weighted by Gasteiger charge is -2.22. The molecule has 0 amide bonds. The second-order valence-corrected chi connectivity index (χ2v) is 6.63. The summed E-state index contributed by atoms with van der Waals surface area (Å²) in [5, 5.41) is 8.16. The highest BCUT2D eigenvalue weighted by Crippen LogP contribution is 2.27. The van der Waals surface area contributed by atoms with Crippen molar-refractivity contribution in [1.82, 2.24) is 15.1 Å². The number of hydrogen-bond acceptors (Lipinski definition) is 3. The van der Waals surface area contributed by atoms with Crippen molar-refractivity contribution < 1.29 is 4.74 Å². The van der Waals surface area contributed by atoms with Gasteiger partial charge in [0.05, 0.1) is 18.3 Å². The van der Waals surface area contributed by atoms with E-state index < -0.39 is 0 Å². The normalized spacial score (nSPS) is 24.3. The van der Waals surface area contributed by atoms with E-state index in [9.17, 15) is 0 Å². The van der Waals surface area contributed by atoms with Crippen LogP contribution in [0.3, 0.4) is 0 Å². The van der Waals surface area contributed by atoms with Crippen LogP contribution in [-0.2, 0) is 11.3 Å². The van der Waals surface area contributed by atoms with Gasteiger partial charge in [-0.2, -0.15) is 5.10 Å². The van der Waals surface area contributed by atoms with Crippen LogP contribution in [0.25, 0.3) is 0 Å². The molecule has 0 bridgehead atoms. The van der Waals surface area contributed by atoms with Gasteiger partial charge in [0, 0.05) is 12.8 Å². The van der Waals surface area contributed by atoms with Gasteiger partial charge in [-0.05, 0) is 57.2 Å². The molecule has 1 aromatic rings. The maximum Gasteiger partial charge on any atom is 0.0906 e. The van der Waals surface area contributed by atoms with Gasteiger partial charge in [0.15, 0.2) is 0 Å². The number of ether oxygens (including phenoxy) is 1. The number of rotatable bonds is 6. The average molecular weight is 291 g/mol. The Balaban J connectivity index is 1.36. The summed E-state index contributed by atoms with van der Waals surface area (Å²) in [6, 6.07) is 2.75. The molecule has 1 N–H and O–H groups in total. The van der Waals surface area contributed by atoms with Gasteiger partial charge in [-0.1, -0.05) is 19.3 Å².